The minimum absolute atomic E-state index is 0.0547. The second kappa shape index (κ2) is 12.0. The van der Waals surface area contributed by atoms with Gasteiger partial charge in [-0.2, -0.15) is 0 Å². The zero-order valence-corrected chi connectivity index (χ0v) is 20.3. The third-order valence-corrected chi connectivity index (χ3v) is 6.04. The summed E-state index contributed by atoms with van der Waals surface area (Å²) in [5.74, 6) is -0.462. The maximum Gasteiger partial charge on any atom is 0.319 e. The van der Waals surface area contributed by atoms with Crippen LogP contribution in [-0.2, 0) is 4.79 Å². The standard InChI is InChI=1S/C28H31N5O3/c1-20-8-7-11-23(18-20)29-27(35)24-12-5-6-13-25(24)32-26(34)19-33-16-14-22(15-17-33)31-28(36)30-21-9-3-2-4-10-21/h2-13,18,22H,14-17,19H2,1H3,(H,29,35)(H,32,34)(H2,30,31,36). The molecule has 8 nitrogen and oxygen atoms in total. The van der Waals surface area contributed by atoms with Gasteiger partial charge in [-0.3, -0.25) is 14.5 Å². The third-order valence-electron chi connectivity index (χ3n) is 6.04. The van der Waals surface area contributed by atoms with Crippen molar-refractivity contribution in [3.05, 3.63) is 90.0 Å². The maximum absolute atomic E-state index is 12.8. The summed E-state index contributed by atoms with van der Waals surface area (Å²) in [6.45, 7) is 3.57. The number of anilines is 3. The Morgan fingerprint density at radius 1 is 0.806 bits per heavy atom. The number of nitrogens with one attached hydrogen (secondary N) is 4. The Morgan fingerprint density at radius 3 is 2.25 bits per heavy atom. The Labute approximate surface area is 211 Å². The van der Waals surface area contributed by atoms with Gasteiger partial charge in [-0.05, 0) is 61.7 Å². The maximum atomic E-state index is 12.8. The van der Waals surface area contributed by atoms with Crippen molar-refractivity contribution in [2.75, 3.05) is 35.6 Å². The number of likely N-dealkylation sites (tertiary alicyclic amines) is 1. The van der Waals surface area contributed by atoms with Crippen molar-refractivity contribution < 1.29 is 14.4 Å². The van der Waals surface area contributed by atoms with Crippen molar-refractivity contribution in [2.24, 2.45) is 0 Å². The number of aryl methyl sites for hydroxylation is 1. The van der Waals surface area contributed by atoms with Crippen LogP contribution in [0.4, 0.5) is 21.9 Å². The first kappa shape index (κ1) is 24.9. The van der Waals surface area contributed by atoms with Crippen molar-refractivity contribution in [1.29, 1.82) is 0 Å². The van der Waals surface area contributed by atoms with Gasteiger partial charge in [-0.1, -0.05) is 42.5 Å². The minimum Gasteiger partial charge on any atom is -0.335 e. The number of piperidine rings is 1. The van der Waals surface area contributed by atoms with E-state index in [0.29, 0.717) is 30.0 Å². The lowest BCUT2D eigenvalue weighted by atomic mass is 10.1. The fraction of sp³-hybridized carbons (Fsp3) is 0.250. The molecular weight excluding hydrogens is 454 g/mol. The Bertz CT molecular complexity index is 1210. The Balaban J connectivity index is 1.25. The normalized spacial score (nSPS) is 14.0. The van der Waals surface area contributed by atoms with E-state index < -0.39 is 0 Å². The van der Waals surface area contributed by atoms with Gasteiger partial charge in [-0.15, -0.1) is 0 Å². The zero-order valence-electron chi connectivity index (χ0n) is 20.3. The molecule has 0 atom stereocenters. The zero-order chi connectivity index (χ0) is 25.3. The van der Waals surface area contributed by atoms with Crippen LogP contribution in [0.3, 0.4) is 0 Å². The smallest absolute Gasteiger partial charge is 0.319 e. The van der Waals surface area contributed by atoms with Gasteiger partial charge < -0.3 is 21.3 Å². The molecule has 36 heavy (non-hydrogen) atoms. The van der Waals surface area contributed by atoms with Crippen LogP contribution >= 0.6 is 0 Å². The highest BCUT2D eigenvalue weighted by atomic mass is 16.2. The molecule has 0 saturated carbocycles. The number of hydrogen-bond acceptors (Lipinski definition) is 4. The molecule has 1 aliphatic heterocycles. The largest absolute Gasteiger partial charge is 0.335 e. The number of para-hydroxylation sites is 2. The summed E-state index contributed by atoms with van der Waals surface area (Å²) in [5.41, 5.74) is 3.37. The Hall–Kier alpha value is -4.17. The topological polar surface area (TPSA) is 103 Å². The predicted octanol–water partition coefficient (Wildman–Crippen LogP) is 4.47. The average Bonchev–Trinajstić information content (AvgIpc) is 2.86. The summed E-state index contributed by atoms with van der Waals surface area (Å²) in [6.07, 6.45) is 1.51. The summed E-state index contributed by atoms with van der Waals surface area (Å²) in [7, 11) is 0. The molecule has 0 spiro atoms. The molecule has 1 aliphatic rings. The van der Waals surface area contributed by atoms with Crippen molar-refractivity contribution >= 4 is 34.9 Å². The number of urea groups is 1. The van der Waals surface area contributed by atoms with Crippen LogP contribution in [0, 0.1) is 6.92 Å². The van der Waals surface area contributed by atoms with Crippen molar-refractivity contribution in [3.63, 3.8) is 0 Å². The van der Waals surface area contributed by atoms with Crippen molar-refractivity contribution in [3.8, 4) is 0 Å². The SMILES string of the molecule is Cc1cccc(NC(=O)c2ccccc2NC(=O)CN2CCC(NC(=O)Nc3ccccc3)CC2)c1. The first-order valence-corrected chi connectivity index (χ1v) is 12.1. The Morgan fingerprint density at radius 2 is 1.50 bits per heavy atom. The van der Waals surface area contributed by atoms with E-state index in [0.717, 1.165) is 24.1 Å². The lowest BCUT2D eigenvalue weighted by Crippen LogP contribution is -2.47. The van der Waals surface area contributed by atoms with Crippen LogP contribution < -0.4 is 21.3 Å². The van der Waals surface area contributed by atoms with E-state index in [1.54, 1.807) is 24.3 Å². The summed E-state index contributed by atoms with van der Waals surface area (Å²) < 4.78 is 0. The number of benzene rings is 3. The summed E-state index contributed by atoms with van der Waals surface area (Å²) in [5, 5.41) is 11.6. The predicted molar refractivity (Wildman–Crippen MR) is 142 cm³/mol. The molecule has 186 valence electrons. The first-order chi connectivity index (χ1) is 17.5. The van der Waals surface area contributed by atoms with Crippen molar-refractivity contribution in [2.45, 2.75) is 25.8 Å². The molecule has 3 aromatic rings. The van der Waals surface area contributed by atoms with Crippen LogP contribution in [0.5, 0.6) is 0 Å². The summed E-state index contributed by atoms with van der Waals surface area (Å²) in [6, 6.07) is 23.7. The quantitative estimate of drug-likeness (QED) is 0.396. The molecular formula is C28H31N5O3. The molecule has 4 rings (SSSR count). The average molecular weight is 486 g/mol. The van der Waals surface area contributed by atoms with Crippen LogP contribution in [0.15, 0.2) is 78.9 Å². The fourth-order valence-corrected chi connectivity index (χ4v) is 4.21. The van der Waals surface area contributed by atoms with E-state index in [9.17, 15) is 14.4 Å². The van der Waals surface area contributed by atoms with Crippen LogP contribution in [0.2, 0.25) is 0 Å². The number of nitrogens with zero attached hydrogens (tertiary/aromatic N) is 1. The molecule has 1 heterocycles. The molecule has 1 saturated heterocycles. The van der Waals surface area contributed by atoms with E-state index in [1.807, 2.05) is 61.5 Å². The van der Waals surface area contributed by atoms with E-state index in [1.165, 1.54) is 0 Å². The second-order valence-corrected chi connectivity index (χ2v) is 8.93. The molecule has 0 aliphatic carbocycles. The first-order valence-electron chi connectivity index (χ1n) is 12.1. The lowest BCUT2D eigenvalue weighted by molar-refractivity contribution is -0.117. The van der Waals surface area contributed by atoms with Gasteiger partial charge in [0.25, 0.3) is 5.91 Å². The molecule has 0 bridgehead atoms. The Kier molecular flexibility index (Phi) is 8.31. The molecule has 0 radical (unpaired) electrons. The van der Waals surface area contributed by atoms with Crippen LogP contribution in [0.25, 0.3) is 0 Å². The van der Waals surface area contributed by atoms with E-state index in [-0.39, 0.29) is 30.4 Å². The van der Waals surface area contributed by atoms with Gasteiger partial charge in [0.15, 0.2) is 0 Å². The molecule has 4 N–H and O–H groups in total. The van der Waals surface area contributed by atoms with E-state index in [2.05, 4.69) is 26.2 Å². The van der Waals surface area contributed by atoms with Crippen LogP contribution in [0.1, 0.15) is 28.8 Å². The number of carbonyl (C=O) groups is 3. The van der Waals surface area contributed by atoms with Gasteiger partial charge in [0.05, 0.1) is 17.8 Å². The highest BCUT2D eigenvalue weighted by Gasteiger charge is 2.23. The molecule has 0 aromatic heterocycles. The molecule has 4 amide bonds. The van der Waals surface area contributed by atoms with Gasteiger partial charge >= 0.3 is 6.03 Å². The van der Waals surface area contributed by atoms with Gasteiger partial charge in [0, 0.05) is 30.5 Å². The molecule has 3 aromatic carbocycles. The lowest BCUT2D eigenvalue weighted by Gasteiger charge is -2.31. The second-order valence-electron chi connectivity index (χ2n) is 8.93. The van der Waals surface area contributed by atoms with Gasteiger partial charge in [-0.25, -0.2) is 4.79 Å². The molecule has 0 unspecified atom stereocenters. The third kappa shape index (κ3) is 7.16. The fourth-order valence-electron chi connectivity index (χ4n) is 4.21. The summed E-state index contributed by atoms with van der Waals surface area (Å²) in [4.78, 5) is 39.9. The minimum atomic E-state index is -0.280. The highest BCUT2D eigenvalue weighted by molar-refractivity contribution is 6.10. The van der Waals surface area contributed by atoms with Crippen LogP contribution in [-0.4, -0.2) is 48.4 Å². The van der Waals surface area contributed by atoms with Gasteiger partial charge in [0.1, 0.15) is 0 Å². The number of carbonyl (C=O) groups excluding carboxylic acids is 3. The molecule has 8 heteroatoms. The number of amides is 4. The summed E-state index contributed by atoms with van der Waals surface area (Å²) >= 11 is 0. The van der Waals surface area contributed by atoms with Crippen molar-refractivity contribution in [1.82, 2.24) is 10.2 Å². The van der Waals surface area contributed by atoms with E-state index >= 15 is 0 Å². The number of hydrogen-bond donors (Lipinski definition) is 4. The van der Waals surface area contributed by atoms with E-state index in [4.69, 9.17) is 0 Å². The highest BCUT2D eigenvalue weighted by Crippen LogP contribution is 2.19. The molecule has 1 fully saturated rings. The number of rotatable bonds is 7. The van der Waals surface area contributed by atoms with Gasteiger partial charge in [0.2, 0.25) is 5.91 Å². The monoisotopic (exact) mass is 485 g/mol.